The van der Waals surface area contributed by atoms with E-state index in [1.54, 1.807) is 41.0 Å². The number of nitrogens with one attached hydrogen (secondary N) is 1. The van der Waals surface area contributed by atoms with Gasteiger partial charge in [0.2, 0.25) is 0 Å². The van der Waals surface area contributed by atoms with Crippen LogP contribution in [0.2, 0.25) is 0 Å². The zero-order valence-corrected chi connectivity index (χ0v) is 13.5. The van der Waals surface area contributed by atoms with Crippen molar-refractivity contribution in [2.45, 2.75) is 46.7 Å². The molecule has 0 fully saturated rings. The Labute approximate surface area is 125 Å². The number of furan rings is 1. The van der Waals surface area contributed by atoms with Crippen LogP contribution in [-0.4, -0.2) is 34.6 Å². The van der Waals surface area contributed by atoms with Crippen LogP contribution in [0.1, 0.15) is 39.0 Å². The van der Waals surface area contributed by atoms with E-state index < -0.39 is 16.9 Å². The lowest BCUT2D eigenvalue weighted by Gasteiger charge is -2.39. The van der Waals surface area contributed by atoms with Crippen LogP contribution in [0, 0.1) is 12.3 Å². The van der Waals surface area contributed by atoms with E-state index in [-0.39, 0.29) is 6.03 Å². The van der Waals surface area contributed by atoms with Crippen LogP contribution in [-0.2, 0) is 11.3 Å². The Morgan fingerprint density at radius 2 is 1.90 bits per heavy atom. The predicted octanol–water partition coefficient (Wildman–Crippen LogP) is 2.62. The van der Waals surface area contributed by atoms with Crippen LogP contribution in [0.25, 0.3) is 0 Å². The van der Waals surface area contributed by atoms with E-state index in [0.717, 1.165) is 11.3 Å². The molecule has 1 heterocycles. The first kappa shape index (κ1) is 17.1. The number of rotatable bonds is 5. The highest BCUT2D eigenvalue weighted by molar-refractivity contribution is 5.79. The molecule has 6 nitrogen and oxygen atoms in total. The normalized spacial score (nSPS) is 12.1. The van der Waals surface area contributed by atoms with Gasteiger partial charge in [-0.2, -0.15) is 0 Å². The Bertz CT molecular complexity index is 532. The number of hydrogen-bond acceptors (Lipinski definition) is 3. The number of carboxylic acids is 1. The third kappa shape index (κ3) is 3.56. The van der Waals surface area contributed by atoms with Gasteiger partial charge in [0.15, 0.2) is 0 Å². The number of amides is 2. The van der Waals surface area contributed by atoms with Crippen molar-refractivity contribution in [3.8, 4) is 0 Å². The number of nitrogens with zero attached hydrogens (tertiary/aromatic N) is 1. The Morgan fingerprint density at radius 1 is 1.33 bits per heavy atom. The summed E-state index contributed by atoms with van der Waals surface area (Å²) in [5.74, 6) is -0.194. The molecule has 1 aromatic heterocycles. The summed E-state index contributed by atoms with van der Waals surface area (Å²) in [6.07, 6.45) is 1.58. The summed E-state index contributed by atoms with van der Waals surface area (Å²) in [6.45, 7) is 8.83. The lowest BCUT2D eigenvalue weighted by atomic mass is 9.74. The fourth-order valence-corrected chi connectivity index (χ4v) is 1.69. The van der Waals surface area contributed by atoms with Gasteiger partial charge in [-0.15, -0.1) is 0 Å². The van der Waals surface area contributed by atoms with Crippen molar-refractivity contribution in [3.05, 3.63) is 23.7 Å². The second kappa shape index (κ2) is 5.79. The number of carbonyl (C=O) groups excluding carboxylic acids is 1. The molecule has 118 valence electrons. The van der Waals surface area contributed by atoms with E-state index in [2.05, 4.69) is 5.32 Å². The van der Waals surface area contributed by atoms with Gasteiger partial charge in [-0.25, -0.2) is 4.79 Å². The molecule has 2 amide bonds. The predicted molar refractivity (Wildman–Crippen MR) is 78.9 cm³/mol. The highest BCUT2D eigenvalue weighted by atomic mass is 16.4. The second-order valence-electron chi connectivity index (χ2n) is 6.34. The van der Waals surface area contributed by atoms with Gasteiger partial charge in [-0.05, 0) is 40.7 Å². The van der Waals surface area contributed by atoms with E-state index in [1.807, 2.05) is 13.0 Å². The van der Waals surface area contributed by atoms with Crippen molar-refractivity contribution < 1.29 is 19.1 Å². The monoisotopic (exact) mass is 296 g/mol. The third-order valence-corrected chi connectivity index (χ3v) is 4.24. The number of urea groups is 1. The lowest BCUT2D eigenvalue weighted by molar-refractivity contribution is -0.150. The van der Waals surface area contributed by atoms with Gasteiger partial charge in [0.05, 0.1) is 23.8 Å². The summed E-state index contributed by atoms with van der Waals surface area (Å²) in [7, 11) is 1.66. The van der Waals surface area contributed by atoms with E-state index in [4.69, 9.17) is 4.42 Å². The minimum absolute atomic E-state index is 0.324. The average molecular weight is 296 g/mol. The maximum Gasteiger partial charge on any atom is 0.317 e. The van der Waals surface area contributed by atoms with Crippen molar-refractivity contribution in [2.24, 2.45) is 5.41 Å². The molecular formula is C15H24N2O4. The fourth-order valence-electron chi connectivity index (χ4n) is 1.69. The van der Waals surface area contributed by atoms with Crippen LogP contribution >= 0.6 is 0 Å². The SMILES string of the molecule is Cc1occc1CN(C)C(=O)NC(C)(C)C(C)(C)C(=O)O. The Morgan fingerprint density at radius 3 is 2.33 bits per heavy atom. The van der Waals surface area contributed by atoms with Crippen LogP contribution in [0.4, 0.5) is 4.79 Å². The maximum absolute atomic E-state index is 12.3. The van der Waals surface area contributed by atoms with Gasteiger partial charge in [-0.1, -0.05) is 0 Å². The molecule has 6 heteroatoms. The molecule has 0 aliphatic rings. The van der Waals surface area contributed by atoms with Crippen LogP contribution in [0.3, 0.4) is 0 Å². The minimum Gasteiger partial charge on any atom is -0.481 e. The highest BCUT2D eigenvalue weighted by Gasteiger charge is 2.44. The minimum atomic E-state index is -1.09. The molecule has 0 saturated heterocycles. The average Bonchev–Trinajstić information content (AvgIpc) is 2.73. The van der Waals surface area contributed by atoms with E-state index >= 15 is 0 Å². The largest absolute Gasteiger partial charge is 0.481 e. The standard InChI is InChI=1S/C15H24N2O4/c1-10-11(7-8-21-10)9-17(6)13(20)16-15(4,5)14(2,3)12(18)19/h7-8H,9H2,1-6H3,(H,16,20)(H,18,19). The van der Waals surface area contributed by atoms with Gasteiger partial charge in [-0.3, -0.25) is 4.79 Å². The Hall–Kier alpha value is -1.98. The van der Waals surface area contributed by atoms with Crippen molar-refractivity contribution in [1.29, 1.82) is 0 Å². The van der Waals surface area contributed by atoms with Gasteiger partial charge in [0.25, 0.3) is 0 Å². The summed E-state index contributed by atoms with van der Waals surface area (Å²) >= 11 is 0. The molecule has 0 aliphatic heterocycles. The summed E-state index contributed by atoms with van der Waals surface area (Å²) in [5, 5.41) is 12.1. The Kier molecular flexibility index (Phi) is 4.71. The fraction of sp³-hybridized carbons (Fsp3) is 0.600. The first-order valence-electron chi connectivity index (χ1n) is 6.78. The van der Waals surface area contributed by atoms with Crippen molar-refractivity contribution in [1.82, 2.24) is 10.2 Å². The molecule has 0 aliphatic carbocycles. The van der Waals surface area contributed by atoms with Gasteiger partial charge in [0, 0.05) is 12.6 Å². The number of hydrogen-bond donors (Lipinski definition) is 2. The molecule has 1 rings (SSSR count). The number of aryl methyl sites for hydroxylation is 1. The van der Waals surface area contributed by atoms with Gasteiger partial charge >= 0.3 is 12.0 Å². The first-order valence-corrected chi connectivity index (χ1v) is 6.78. The topological polar surface area (TPSA) is 82.8 Å². The van der Waals surface area contributed by atoms with E-state index in [0.29, 0.717) is 6.54 Å². The second-order valence-corrected chi connectivity index (χ2v) is 6.34. The van der Waals surface area contributed by atoms with Crippen LogP contribution < -0.4 is 5.32 Å². The zero-order valence-electron chi connectivity index (χ0n) is 13.5. The molecule has 0 radical (unpaired) electrons. The molecule has 0 bridgehead atoms. The van der Waals surface area contributed by atoms with E-state index in [1.165, 1.54) is 4.90 Å². The molecule has 21 heavy (non-hydrogen) atoms. The van der Waals surface area contributed by atoms with E-state index in [9.17, 15) is 14.7 Å². The first-order chi connectivity index (χ1) is 9.49. The molecule has 2 N–H and O–H groups in total. The summed E-state index contributed by atoms with van der Waals surface area (Å²) in [6, 6.07) is 1.49. The Balaban J connectivity index is 2.76. The van der Waals surface area contributed by atoms with Gasteiger partial charge in [0.1, 0.15) is 5.76 Å². The molecule has 1 aromatic rings. The van der Waals surface area contributed by atoms with Crippen LogP contribution in [0.5, 0.6) is 0 Å². The number of aliphatic carboxylic acids is 1. The number of carboxylic acid groups (broad SMARTS) is 1. The van der Waals surface area contributed by atoms with Crippen molar-refractivity contribution in [3.63, 3.8) is 0 Å². The molecule has 0 spiro atoms. The van der Waals surface area contributed by atoms with Crippen LogP contribution in [0.15, 0.2) is 16.7 Å². The smallest absolute Gasteiger partial charge is 0.317 e. The summed E-state index contributed by atoms with van der Waals surface area (Å²) in [4.78, 5) is 25.1. The summed E-state index contributed by atoms with van der Waals surface area (Å²) in [5.41, 5.74) is -1.06. The zero-order chi connectivity index (χ0) is 16.4. The highest BCUT2D eigenvalue weighted by Crippen LogP contribution is 2.30. The molecule has 0 atom stereocenters. The van der Waals surface area contributed by atoms with Crippen molar-refractivity contribution in [2.75, 3.05) is 7.05 Å². The number of carbonyl (C=O) groups is 2. The quantitative estimate of drug-likeness (QED) is 0.875. The molecule has 0 saturated carbocycles. The molecule has 0 unspecified atom stereocenters. The molecular weight excluding hydrogens is 272 g/mol. The summed E-state index contributed by atoms with van der Waals surface area (Å²) < 4.78 is 5.20. The van der Waals surface area contributed by atoms with Gasteiger partial charge < -0.3 is 19.7 Å². The molecule has 0 aromatic carbocycles. The lowest BCUT2D eigenvalue weighted by Crippen LogP contribution is -2.59. The van der Waals surface area contributed by atoms with Crippen molar-refractivity contribution >= 4 is 12.0 Å². The third-order valence-electron chi connectivity index (χ3n) is 4.24. The maximum atomic E-state index is 12.3.